The predicted molar refractivity (Wildman–Crippen MR) is 102 cm³/mol. The fraction of sp³-hybridized carbons (Fsp3) is 0.0952. The van der Waals surface area contributed by atoms with Crippen LogP contribution in [0.5, 0.6) is 0 Å². The lowest BCUT2D eigenvalue weighted by Crippen LogP contribution is -2.22. The Bertz CT molecular complexity index is 849. The minimum atomic E-state index is -0.297. The Morgan fingerprint density at radius 3 is 2.28 bits per heavy atom. The standard InChI is InChI=1S/C21H18FNOS/c1-15(25-18-13-11-17(22)12-14-18)21(24)23-20-10-6-5-9-19(20)16-7-3-2-4-8-16/h2-15H,1H3,(H,23,24)/t15-/m0/s1. The molecular weight excluding hydrogens is 333 g/mol. The van der Waals surface area contributed by atoms with Crippen LogP contribution in [0.25, 0.3) is 11.1 Å². The lowest BCUT2D eigenvalue weighted by Gasteiger charge is -2.15. The molecule has 0 aromatic heterocycles. The molecule has 0 aliphatic heterocycles. The normalized spacial score (nSPS) is 11.8. The monoisotopic (exact) mass is 351 g/mol. The Morgan fingerprint density at radius 1 is 0.920 bits per heavy atom. The van der Waals surface area contributed by atoms with Gasteiger partial charge in [-0.2, -0.15) is 0 Å². The Morgan fingerprint density at radius 2 is 1.56 bits per heavy atom. The van der Waals surface area contributed by atoms with Crippen molar-refractivity contribution in [3.63, 3.8) is 0 Å². The van der Waals surface area contributed by atoms with Gasteiger partial charge in [0.15, 0.2) is 0 Å². The van der Waals surface area contributed by atoms with E-state index in [4.69, 9.17) is 0 Å². The van der Waals surface area contributed by atoms with Gasteiger partial charge in [0.1, 0.15) is 5.82 Å². The summed E-state index contributed by atoms with van der Waals surface area (Å²) in [6.45, 7) is 1.84. The number of benzene rings is 3. The molecule has 3 aromatic rings. The van der Waals surface area contributed by atoms with Gasteiger partial charge in [0.25, 0.3) is 0 Å². The Balaban J connectivity index is 1.74. The van der Waals surface area contributed by atoms with Crippen LogP contribution in [0.3, 0.4) is 0 Å². The molecule has 0 aliphatic carbocycles. The molecule has 0 bridgehead atoms. The predicted octanol–water partition coefficient (Wildman–Crippen LogP) is 5.61. The molecule has 0 saturated heterocycles. The second-order valence-corrected chi connectivity index (χ2v) is 7.03. The summed E-state index contributed by atoms with van der Waals surface area (Å²) >= 11 is 1.40. The van der Waals surface area contributed by atoms with Crippen LogP contribution in [0.4, 0.5) is 10.1 Å². The molecule has 0 saturated carbocycles. The Kier molecular flexibility index (Phi) is 5.51. The molecule has 126 valence electrons. The fourth-order valence-electron chi connectivity index (χ4n) is 2.47. The van der Waals surface area contributed by atoms with E-state index in [1.54, 1.807) is 12.1 Å². The number of hydrogen-bond acceptors (Lipinski definition) is 2. The zero-order chi connectivity index (χ0) is 17.6. The molecular formula is C21H18FNOS. The van der Waals surface area contributed by atoms with E-state index in [2.05, 4.69) is 5.32 Å². The van der Waals surface area contributed by atoms with Gasteiger partial charge in [-0.05, 0) is 42.8 Å². The third-order valence-electron chi connectivity index (χ3n) is 3.77. The van der Waals surface area contributed by atoms with Crippen LogP contribution in [-0.2, 0) is 4.79 Å². The molecule has 0 spiro atoms. The average Bonchev–Trinajstić information content (AvgIpc) is 2.64. The van der Waals surface area contributed by atoms with Gasteiger partial charge in [-0.25, -0.2) is 4.39 Å². The van der Waals surface area contributed by atoms with E-state index in [1.807, 2.05) is 61.5 Å². The molecule has 1 N–H and O–H groups in total. The Labute approximate surface area is 151 Å². The van der Waals surface area contributed by atoms with Crippen LogP contribution >= 0.6 is 11.8 Å². The number of rotatable bonds is 5. The lowest BCUT2D eigenvalue weighted by molar-refractivity contribution is -0.115. The second-order valence-electron chi connectivity index (χ2n) is 5.61. The zero-order valence-corrected chi connectivity index (χ0v) is 14.6. The first kappa shape index (κ1) is 17.2. The van der Waals surface area contributed by atoms with Gasteiger partial charge >= 0.3 is 0 Å². The number of carbonyl (C=O) groups is 1. The minimum Gasteiger partial charge on any atom is -0.325 e. The maximum Gasteiger partial charge on any atom is 0.237 e. The lowest BCUT2D eigenvalue weighted by atomic mass is 10.0. The fourth-order valence-corrected chi connectivity index (χ4v) is 3.33. The van der Waals surface area contributed by atoms with Crippen molar-refractivity contribution in [1.29, 1.82) is 0 Å². The number of thioether (sulfide) groups is 1. The van der Waals surface area contributed by atoms with E-state index in [0.717, 1.165) is 21.7 Å². The van der Waals surface area contributed by atoms with Crippen molar-refractivity contribution < 1.29 is 9.18 Å². The third kappa shape index (κ3) is 4.48. The van der Waals surface area contributed by atoms with E-state index in [1.165, 1.54) is 23.9 Å². The highest BCUT2D eigenvalue weighted by atomic mass is 32.2. The molecule has 2 nitrogen and oxygen atoms in total. The highest BCUT2D eigenvalue weighted by Gasteiger charge is 2.16. The molecule has 3 rings (SSSR count). The maximum absolute atomic E-state index is 13.0. The molecule has 25 heavy (non-hydrogen) atoms. The van der Waals surface area contributed by atoms with Gasteiger partial charge in [-0.1, -0.05) is 48.5 Å². The van der Waals surface area contributed by atoms with Gasteiger partial charge < -0.3 is 5.32 Å². The van der Waals surface area contributed by atoms with Crippen molar-refractivity contribution in [1.82, 2.24) is 0 Å². The van der Waals surface area contributed by atoms with Crippen LogP contribution in [0.15, 0.2) is 83.8 Å². The van der Waals surface area contributed by atoms with Gasteiger partial charge in [0.05, 0.1) is 5.25 Å². The highest BCUT2D eigenvalue weighted by molar-refractivity contribution is 8.00. The summed E-state index contributed by atoms with van der Waals surface area (Å²) in [6, 6.07) is 23.9. The van der Waals surface area contributed by atoms with Crippen LogP contribution < -0.4 is 5.32 Å². The van der Waals surface area contributed by atoms with Crippen molar-refractivity contribution in [3.05, 3.63) is 84.7 Å². The van der Waals surface area contributed by atoms with Crippen molar-refractivity contribution in [2.45, 2.75) is 17.1 Å². The van der Waals surface area contributed by atoms with Gasteiger partial charge in [-0.15, -0.1) is 11.8 Å². The minimum absolute atomic E-state index is 0.0855. The van der Waals surface area contributed by atoms with E-state index in [9.17, 15) is 9.18 Å². The summed E-state index contributed by atoms with van der Waals surface area (Å²) in [4.78, 5) is 13.4. The van der Waals surface area contributed by atoms with Crippen LogP contribution in [-0.4, -0.2) is 11.2 Å². The number of para-hydroxylation sites is 1. The van der Waals surface area contributed by atoms with Crippen LogP contribution in [0.1, 0.15) is 6.92 Å². The Hall–Kier alpha value is -2.59. The quantitative estimate of drug-likeness (QED) is 0.605. The van der Waals surface area contributed by atoms with E-state index >= 15 is 0 Å². The largest absolute Gasteiger partial charge is 0.325 e. The molecule has 0 heterocycles. The van der Waals surface area contributed by atoms with Gasteiger partial charge in [-0.3, -0.25) is 4.79 Å². The number of amides is 1. The molecule has 1 amide bonds. The van der Waals surface area contributed by atoms with E-state index in [-0.39, 0.29) is 17.0 Å². The second kappa shape index (κ2) is 7.99. The summed E-state index contributed by atoms with van der Waals surface area (Å²) in [5.74, 6) is -0.365. The topological polar surface area (TPSA) is 29.1 Å². The average molecular weight is 351 g/mol. The van der Waals surface area contributed by atoms with Crippen molar-refractivity contribution in [2.75, 3.05) is 5.32 Å². The summed E-state index contributed by atoms with van der Waals surface area (Å²) in [5.41, 5.74) is 2.82. The number of carbonyl (C=O) groups excluding carboxylic acids is 1. The van der Waals surface area contributed by atoms with Gasteiger partial charge in [0, 0.05) is 16.1 Å². The molecule has 0 fully saturated rings. The molecule has 3 aromatic carbocycles. The first-order valence-corrected chi connectivity index (χ1v) is 8.89. The number of anilines is 1. The molecule has 4 heteroatoms. The number of hydrogen-bond donors (Lipinski definition) is 1. The van der Waals surface area contributed by atoms with E-state index < -0.39 is 0 Å². The summed E-state index contributed by atoms with van der Waals surface area (Å²) in [6.07, 6.45) is 0. The maximum atomic E-state index is 13.0. The zero-order valence-electron chi connectivity index (χ0n) is 13.8. The van der Waals surface area contributed by atoms with E-state index in [0.29, 0.717) is 0 Å². The summed E-state index contributed by atoms with van der Waals surface area (Å²) in [5, 5.41) is 2.71. The molecule has 0 aliphatic rings. The molecule has 1 atom stereocenters. The van der Waals surface area contributed by atoms with Crippen molar-refractivity contribution >= 4 is 23.4 Å². The molecule has 0 unspecified atom stereocenters. The van der Waals surface area contributed by atoms with Crippen molar-refractivity contribution in [3.8, 4) is 11.1 Å². The first-order valence-electron chi connectivity index (χ1n) is 8.01. The number of halogens is 1. The number of nitrogens with one attached hydrogen (secondary N) is 1. The molecule has 0 radical (unpaired) electrons. The summed E-state index contributed by atoms with van der Waals surface area (Å²) < 4.78 is 13.0. The summed E-state index contributed by atoms with van der Waals surface area (Å²) in [7, 11) is 0. The van der Waals surface area contributed by atoms with Crippen LogP contribution in [0.2, 0.25) is 0 Å². The first-order chi connectivity index (χ1) is 12.1. The highest BCUT2D eigenvalue weighted by Crippen LogP contribution is 2.29. The van der Waals surface area contributed by atoms with Crippen LogP contribution in [0, 0.1) is 5.82 Å². The van der Waals surface area contributed by atoms with Gasteiger partial charge in [0.2, 0.25) is 5.91 Å². The van der Waals surface area contributed by atoms with Crippen molar-refractivity contribution in [2.24, 2.45) is 0 Å². The third-order valence-corrected chi connectivity index (χ3v) is 4.88. The smallest absolute Gasteiger partial charge is 0.237 e. The SMILES string of the molecule is C[C@H](Sc1ccc(F)cc1)C(=O)Nc1ccccc1-c1ccccc1.